The minimum Gasteiger partial charge on any atom is -0.332 e. The molecule has 0 bridgehead atoms. The maximum absolute atomic E-state index is 13.1. The zero-order valence-corrected chi connectivity index (χ0v) is 16.8. The van der Waals surface area contributed by atoms with Crippen molar-refractivity contribution in [1.82, 2.24) is 9.80 Å². The molecule has 0 aromatic heterocycles. The standard InChI is InChI=1S/C20H28N2O3S/c1-14(2)5-6-21-7-8-22(19-13-26(24,25)12-18(19)21)20(23)17-10-15(3)9-16(4)11-17/h5,9-11,18-19H,6-8,12-13H2,1-4H3/t18-,19+/m0/s1. The van der Waals surface area contributed by atoms with Crippen molar-refractivity contribution in [2.24, 2.45) is 0 Å². The predicted octanol–water partition coefficient (Wildman–Crippen LogP) is 2.19. The lowest BCUT2D eigenvalue weighted by Gasteiger charge is -2.43. The SMILES string of the molecule is CC(C)=CCN1CCN(C(=O)c2cc(C)cc(C)c2)[C@@H]2CS(=O)(=O)C[C@@H]21. The van der Waals surface area contributed by atoms with E-state index in [1.165, 1.54) is 5.57 Å². The third-order valence-corrected chi connectivity index (χ3v) is 6.95. The van der Waals surface area contributed by atoms with E-state index >= 15 is 0 Å². The average Bonchev–Trinajstić information content (AvgIpc) is 2.86. The van der Waals surface area contributed by atoms with Crippen LogP contribution >= 0.6 is 0 Å². The number of rotatable bonds is 3. The summed E-state index contributed by atoms with van der Waals surface area (Å²) < 4.78 is 24.6. The van der Waals surface area contributed by atoms with Crippen LogP contribution in [0.3, 0.4) is 0 Å². The van der Waals surface area contributed by atoms with Crippen molar-refractivity contribution in [1.29, 1.82) is 0 Å². The molecule has 0 saturated carbocycles. The van der Waals surface area contributed by atoms with Crippen molar-refractivity contribution >= 4 is 15.7 Å². The molecule has 142 valence electrons. The molecule has 2 fully saturated rings. The molecule has 1 amide bonds. The van der Waals surface area contributed by atoms with Crippen LogP contribution in [0.4, 0.5) is 0 Å². The van der Waals surface area contributed by atoms with Gasteiger partial charge < -0.3 is 4.90 Å². The fraction of sp³-hybridized carbons (Fsp3) is 0.550. The van der Waals surface area contributed by atoms with E-state index in [4.69, 9.17) is 0 Å². The third kappa shape index (κ3) is 4.01. The van der Waals surface area contributed by atoms with Crippen molar-refractivity contribution in [3.8, 4) is 0 Å². The van der Waals surface area contributed by atoms with Crippen molar-refractivity contribution in [2.45, 2.75) is 39.8 Å². The minimum absolute atomic E-state index is 0.0502. The van der Waals surface area contributed by atoms with Crippen LogP contribution in [0, 0.1) is 13.8 Å². The summed E-state index contributed by atoms with van der Waals surface area (Å²) >= 11 is 0. The highest BCUT2D eigenvalue weighted by atomic mass is 32.2. The molecule has 2 aliphatic rings. The molecule has 26 heavy (non-hydrogen) atoms. The average molecular weight is 377 g/mol. The monoisotopic (exact) mass is 376 g/mol. The molecule has 0 N–H and O–H groups in total. The van der Waals surface area contributed by atoms with Gasteiger partial charge in [0.15, 0.2) is 9.84 Å². The third-order valence-electron chi connectivity index (χ3n) is 5.25. The van der Waals surface area contributed by atoms with Gasteiger partial charge in [-0.3, -0.25) is 9.69 Å². The van der Waals surface area contributed by atoms with Gasteiger partial charge in [-0.05, 0) is 39.8 Å². The molecular weight excluding hydrogens is 348 g/mol. The number of hydrogen-bond donors (Lipinski definition) is 0. The number of amides is 1. The van der Waals surface area contributed by atoms with Gasteiger partial charge in [0.05, 0.1) is 17.5 Å². The van der Waals surface area contributed by atoms with E-state index in [-0.39, 0.29) is 29.5 Å². The Balaban J connectivity index is 1.88. The number of carbonyl (C=O) groups excluding carboxylic acids is 1. The predicted molar refractivity (Wildman–Crippen MR) is 104 cm³/mol. The van der Waals surface area contributed by atoms with E-state index in [1.54, 1.807) is 4.90 Å². The lowest BCUT2D eigenvalue weighted by Crippen LogP contribution is -2.60. The van der Waals surface area contributed by atoms with Crippen LogP contribution in [-0.4, -0.2) is 67.3 Å². The molecule has 0 unspecified atom stereocenters. The van der Waals surface area contributed by atoms with Gasteiger partial charge in [0.25, 0.3) is 5.91 Å². The summed E-state index contributed by atoms with van der Waals surface area (Å²) in [4.78, 5) is 17.1. The number of hydrogen-bond acceptors (Lipinski definition) is 4. The highest BCUT2D eigenvalue weighted by molar-refractivity contribution is 7.91. The summed E-state index contributed by atoms with van der Waals surface area (Å²) in [6.45, 7) is 10.1. The van der Waals surface area contributed by atoms with Gasteiger partial charge >= 0.3 is 0 Å². The number of aryl methyl sites for hydroxylation is 2. The Kier molecular flexibility index (Phi) is 5.26. The minimum atomic E-state index is -3.12. The smallest absolute Gasteiger partial charge is 0.254 e. The van der Waals surface area contributed by atoms with Crippen LogP contribution in [0.1, 0.15) is 35.3 Å². The molecule has 5 nitrogen and oxygen atoms in total. The van der Waals surface area contributed by atoms with Gasteiger partial charge in [-0.15, -0.1) is 0 Å². The van der Waals surface area contributed by atoms with Gasteiger partial charge in [0.2, 0.25) is 0 Å². The van der Waals surface area contributed by atoms with Crippen LogP contribution in [0.2, 0.25) is 0 Å². The lowest BCUT2D eigenvalue weighted by atomic mass is 10.0. The van der Waals surface area contributed by atoms with Crippen LogP contribution < -0.4 is 0 Å². The van der Waals surface area contributed by atoms with Gasteiger partial charge in [-0.2, -0.15) is 0 Å². The van der Waals surface area contributed by atoms with Crippen LogP contribution in [-0.2, 0) is 9.84 Å². The largest absolute Gasteiger partial charge is 0.332 e. The van der Waals surface area contributed by atoms with Crippen LogP contribution in [0.5, 0.6) is 0 Å². The maximum atomic E-state index is 13.1. The van der Waals surface area contributed by atoms with Crippen LogP contribution in [0.25, 0.3) is 0 Å². The maximum Gasteiger partial charge on any atom is 0.254 e. The quantitative estimate of drug-likeness (QED) is 0.759. The summed E-state index contributed by atoms with van der Waals surface area (Å²) in [5, 5.41) is 0. The number of carbonyl (C=O) groups is 1. The van der Waals surface area contributed by atoms with E-state index in [0.717, 1.165) is 17.7 Å². The van der Waals surface area contributed by atoms with Gasteiger partial charge in [-0.1, -0.05) is 28.8 Å². The highest BCUT2D eigenvalue weighted by Crippen LogP contribution is 2.28. The van der Waals surface area contributed by atoms with E-state index in [9.17, 15) is 13.2 Å². The first-order valence-corrected chi connectivity index (χ1v) is 11.0. The van der Waals surface area contributed by atoms with E-state index in [1.807, 2.05) is 45.9 Å². The molecule has 2 saturated heterocycles. The molecule has 0 spiro atoms. The normalized spacial score (nSPS) is 25.0. The fourth-order valence-electron chi connectivity index (χ4n) is 4.07. The Hall–Kier alpha value is -1.66. The zero-order chi connectivity index (χ0) is 19.1. The molecule has 0 aliphatic carbocycles. The summed E-state index contributed by atoms with van der Waals surface area (Å²) in [6, 6.07) is 5.45. The molecule has 2 heterocycles. The summed E-state index contributed by atoms with van der Waals surface area (Å²) in [6.07, 6.45) is 2.13. The number of benzene rings is 1. The van der Waals surface area contributed by atoms with Gasteiger partial charge in [0.1, 0.15) is 0 Å². The summed E-state index contributed by atoms with van der Waals surface area (Å²) in [5.74, 6) is 0.162. The number of sulfone groups is 1. The van der Waals surface area contributed by atoms with Crippen molar-refractivity contribution in [2.75, 3.05) is 31.1 Å². The summed E-state index contributed by atoms with van der Waals surface area (Å²) in [5.41, 5.74) is 3.97. The van der Waals surface area contributed by atoms with Crippen LogP contribution in [0.15, 0.2) is 29.8 Å². The molecule has 0 radical (unpaired) electrons. The Morgan fingerprint density at radius 1 is 1.08 bits per heavy atom. The lowest BCUT2D eigenvalue weighted by molar-refractivity contribution is 0.0368. The second-order valence-electron chi connectivity index (χ2n) is 7.86. The molecule has 1 aromatic rings. The molecule has 6 heteroatoms. The second kappa shape index (κ2) is 7.16. The number of allylic oxidation sites excluding steroid dienone is 1. The van der Waals surface area contributed by atoms with Crippen molar-refractivity contribution in [3.63, 3.8) is 0 Å². The first-order valence-electron chi connectivity index (χ1n) is 9.13. The van der Waals surface area contributed by atoms with E-state index in [0.29, 0.717) is 18.7 Å². The molecular formula is C20H28N2O3S. The molecule has 2 aliphatic heterocycles. The Bertz CT molecular complexity index is 820. The zero-order valence-electron chi connectivity index (χ0n) is 16.0. The van der Waals surface area contributed by atoms with E-state index in [2.05, 4.69) is 11.0 Å². The number of piperazine rings is 1. The van der Waals surface area contributed by atoms with Crippen molar-refractivity contribution in [3.05, 3.63) is 46.5 Å². The van der Waals surface area contributed by atoms with E-state index < -0.39 is 9.84 Å². The fourth-order valence-corrected chi connectivity index (χ4v) is 6.08. The molecule has 2 atom stereocenters. The summed E-state index contributed by atoms with van der Waals surface area (Å²) in [7, 11) is -3.12. The molecule has 1 aromatic carbocycles. The first kappa shape index (κ1) is 19.1. The van der Waals surface area contributed by atoms with Gasteiger partial charge in [0, 0.05) is 31.2 Å². The first-order chi connectivity index (χ1) is 12.2. The number of fused-ring (bicyclic) bond motifs is 1. The topological polar surface area (TPSA) is 57.7 Å². The Morgan fingerprint density at radius 3 is 2.31 bits per heavy atom. The number of nitrogens with zero attached hydrogens (tertiary/aromatic N) is 2. The Morgan fingerprint density at radius 2 is 1.69 bits per heavy atom. The molecule has 3 rings (SSSR count). The van der Waals surface area contributed by atoms with Gasteiger partial charge in [-0.25, -0.2) is 8.42 Å². The Labute approximate surface area is 156 Å². The second-order valence-corrected chi connectivity index (χ2v) is 10.0. The van der Waals surface area contributed by atoms with Crippen molar-refractivity contribution < 1.29 is 13.2 Å². The highest BCUT2D eigenvalue weighted by Gasteiger charge is 2.47.